The van der Waals surface area contributed by atoms with Crippen LogP contribution in [-0.2, 0) is 5.75 Å². The molecule has 0 amide bonds. The molecule has 0 atom stereocenters. The van der Waals surface area contributed by atoms with Crippen molar-refractivity contribution in [1.29, 1.82) is 0 Å². The Balaban J connectivity index is 2.36. The van der Waals surface area contributed by atoms with Crippen molar-refractivity contribution >= 4 is 12.6 Å². The standard InChI is InChI=1S/C9H10O2S/c12-6-7-1-2-8-9(5-7)11-4-3-10-8/h1-2,5,12H,3-4,6H2. The molecule has 1 aliphatic heterocycles. The first-order chi connectivity index (χ1) is 5.90. The minimum absolute atomic E-state index is 0.642. The lowest BCUT2D eigenvalue weighted by molar-refractivity contribution is 0.171. The molecule has 1 aromatic carbocycles. The molecular weight excluding hydrogens is 172 g/mol. The van der Waals surface area contributed by atoms with E-state index >= 15 is 0 Å². The van der Waals surface area contributed by atoms with E-state index in [4.69, 9.17) is 9.47 Å². The van der Waals surface area contributed by atoms with Gasteiger partial charge in [0, 0.05) is 5.75 Å². The molecule has 0 unspecified atom stereocenters. The van der Waals surface area contributed by atoms with E-state index in [1.807, 2.05) is 18.2 Å². The van der Waals surface area contributed by atoms with Crippen LogP contribution in [-0.4, -0.2) is 13.2 Å². The van der Waals surface area contributed by atoms with Gasteiger partial charge in [0.25, 0.3) is 0 Å². The molecule has 0 spiro atoms. The zero-order valence-electron chi connectivity index (χ0n) is 6.62. The number of fused-ring (bicyclic) bond motifs is 1. The van der Waals surface area contributed by atoms with Crippen molar-refractivity contribution in [3.8, 4) is 11.5 Å². The fourth-order valence-electron chi connectivity index (χ4n) is 1.19. The van der Waals surface area contributed by atoms with E-state index in [-0.39, 0.29) is 0 Å². The topological polar surface area (TPSA) is 18.5 Å². The molecule has 3 heteroatoms. The molecule has 2 nitrogen and oxygen atoms in total. The van der Waals surface area contributed by atoms with E-state index in [1.165, 1.54) is 0 Å². The fourth-order valence-corrected chi connectivity index (χ4v) is 1.38. The Hall–Kier alpha value is -0.830. The summed E-state index contributed by atoms with van der Waals surface area (Å²) in [6.45, 7) is 1.29. The van der Waals surface area contributed by atoms with Gasteiger partial charge in [0.2, 0.25) is 0 Å². The van der Waals surface area contributed by atoms with Crippen LogP contribution in [0.25, 0.3) is 0 Å². The van der Waals surface area contributed by atoms with Crippen molar-refractivity contribution in [1.82, 2.24) is 0 Å². The Labute approximate surface area is 76.9 Å². The van der Waals surface area contributed by atoms with Crippen molar-refractivity contribution < 1.29 is 9.47 Å². The van der Waals surface area contributed by atoms with Crippen LogP contribution in [0.3, 0.4) is 0 Å². The summed E-state index contributed by atoms with van der Waals surface area (Å²) in [6, 6.07) is 5.90. The van der Waals surface area contributed by atoms with Crippen LogP contribution in [0, 0.1) is 0 Å². The lowest BCUT2D eigenvalue weighted by atomic mass is 10.2. The molecule has 0 saturated heterocycles. The van der Waals surface area contributed by atoms with Crippen LogP contribution in [0.4, 0.5) is 0 Å². The highest BCUT2D eigenvalue weighted by atomic mass is 32.1. The van der Waals surface area contributed by atoms with Gasteiger partial charge in [0.15, 0.2) is 11.5 Å². The fraction of sp³-hybridized carbons (Fsp3) is 0.333. The minimum atomic E-state index is 0.642. The van der Waals surface area contributed by atoms with Crippen LogP contribution < -0.4 is 9.47 Å². The normalized spacial score (nSPS) is 14.4. The van der Waals surface area contributed by atoms with Crippen molar-refractivity contribution in [2.24, 2.45) is 0 Å². The van der Waals surface area contributed by atoms with Crippen LogP contribution in [0.2, 0.25) is 0 Å². The Bertz CT molecular complexity index is 286. The number of hydrogen-bond donors (Lipinski definition) is 1. The summed E-state index contributed by atoms with van der Waals surface area (Å²) in [6.07, 6.45) is 0. The SMILES string of the molecule is SCc1ccc2c(c1)OCCO2. The Morgan fingerprint density at radius 2 is 1.92 bits per heavy atom. The molecule has 0 aliphatic carbocycles. The zero-order valence-corrected chi connectivity index (χ0v) is 7.51. The molecule has 0 radical (unpaired) electrons. The number of rotatable bonds is 1. The average Bonchev–Trinajstić information content (AvgIpc) is 2.17. The van der Waals surface area contributed by atoms with E-state index in [0.717, 1.165) is 22.8 Å². The summed E-state index contributed by atoms with van der Waals surface area (Å²) < 4.78 is 10.8. The highest BCUT2D eigenvalue weighted by molar-refractivity contribution is 7.79. The van der Waals surface area contributed by atoms with Gasteiger partial charge in [-0.15, -0.1) is 0 Å². The van der Waals surface area contributed by atoms with E-state index < -0.39 is 0 Å². The lowest BCUT2D eigenvalue weighted by Gasteiger charge is -2.18. The number of benzene rings is 1. The molecule has 0 fully saturated rings. The second-order valence-corrected chi connectivity index (χ2v) is 2.95. The van der Waals surface area contributed by atoms with Crippen LogP contribution in [0.1, 0.15) is 5.56 Å². The highest BCUT2D eigenvalue weighted by Gasteiger charge is 2.10. The van der Waals surface area contributed by atoms with E-state index in [0.29, 0.717) is 13.2 Å². The van der Waals surface area contributed by atoms with E-state index in [1.54, 1.807) is 0 Å². The molecule has 1 aromatic rings. The maximum Gasteiger partial charge on any atom is 0.161 e. The summed E-state index contributed by atoms with van der Waals surface area (Å²) >= 11 is 4.18. The lowest BCUT2D eigenvalue weighted by Crippen LogP contribution is -2.15. The summed E-state index contributed by atoms with van der Waals surface area (Å²) in [7, 11) is 0. The van der Waals surface area contributed by atoms with Crippen molar-refractivity contribution in [2.45, 2.75) is 5.75 Å². The van der Waals surface area contributed by atoms with Gasteiger partial charge in [-0.2, -0.15) is 12.6 Å². The second kappa shape index (κ2) is 3.27. The molecule has 12 heavy (non-hydrogen) atoms. The summed E-state index contributed by atoms with van der Waals surface area (Å²) in [4.78, 5) is 0. The molecule has 0 bridgehead atoms. The van der Waals surface area contributed by atoms with Crippen molar-refractivity contribution in [3.05, 3.63) is 23.8 Å². The number of thiol groups is 1. The Morgan fingerprint density at radius 3 is 2.67 bits per heavy atom. The monoisotopic (exact) mass is 182 g/mol. The average molecular weight is 182 g/mol. The summed E-state index contributed by atoms with van der Waals surface area (Å²) in [5.41, 5.74) is 1.16. The molecule has 2 rings (SSSR count). The first-order valence-electron chi connectivity index (χ1n) is 3.89. The van der Waals surface area contributed by atoms with Crippen molar-refractivity contribution in [3.63, 3.8) is 0 Å². The highest BCUT2D eigenvalue weighted by Crippen LogP contribution is 2.30. The van der Waals surface area contributed by atoms with Gasteiger partial charge in [0.1, 0.15) is 13.2 Å². The Kier molecular flexibility index (Phi) is 2.13. The largest absolute Gasteiger partial charge is 0.486 e. The van der Waals surface area contributed by atoms with Gasteiger partial charge >= 0.3 is 0 Å². The van der Waals surface area contributed by atoms with Gasteiger partial charge in [0.05, 0.1) is 0 Å². The molecule has 64 valence electrons. The minimum Gasteiger partial charge on any atom is -0.486 e. The van der Waals surface area contributed by atoms with Gasteiger partial charge in [-0.05, 0) is 17.7 Å². The predicted octanol–water partition coefficient (Wildman–Crippen LogP) is 1.89. The quantitative estimate of drug-likeness (QED) is 0.668. The molecule has 0 saturated carbocycles. The molecule has 0 aromatic heterocycles. The molecular formula is C9H10O2S. The molecule has 1 aliphatic rings. The zero-order chi connectivity index (χ0) is 8.39. The number of hydrogen-bond acceptors (Lipinski definition) is 3. The third-order valence-electron chi connectivity index (χ3n) is 1.79. The van der Waals surface area contributed by atoms with E-state index in [9.17, 15) is 0 Å². The molecule has 0 N–H and O–H groups in total. The summed E-state index contributed by atoms with van der Waals surface area (Å²) in [5, 5.41) is 0. The maximum atomic E-state index is 5.41. The smallest absolute Gasteiger partial charge is 0.161 e. The van der Waals surface area contributed by atoms with Gasteiger partial charge in [-0.1, -0.05) is 6.07 Å². The molecule has 1 heterocycles. The summed E-state index contributed by atoms with van der Waals surface area (Å²) in [5.74, 6) is 2.41. The number of ether oxygens (including phenoxy) is 2. The third-order valence-corrected chi connectivity index (χ3v) is 2.15. The van der Waals surface area contributed by atoms with Crippen LogP contribution in [0.5, 0.6) is 11.5 Å². The Morgan fingerprint density at radius 1 is 1.17 bits per heavy atom. The first-order valence-corrected chi connectivity index (χ1v) is 4.53. The second-order valence-electron chi connectivity index (χ2n) is 2.64. The van der Waals surface area contributed by atoms with Gasteiger partial charge in [-0.25, -0.2) is 0 Å². The van der Waals surface area contributed by atoms with Crippen LogP contribution >= 0.6 is 12.6 Å². The van der Waals surface area contributed by atoms with Crippen molar-refractivity contribution in [2.75, 3.05) is 13.2 Å². The van der Waals surface area contributed by atoms with Crippen LogP contribution in [0.15, 0.2) is 18.2 Å². The van der Waals surface area contributed by atoms with E-state index in [2.05, 4.69) is 12.6 Å². The predicted molar refractivity (Wildman–Crippen MR) is 50.1 cm³/mol. The maximum absolute atomic E-state index is 5.41. The van der Waals surface area contributed by atoms with Gasteiger partial charge < -0.3 is 9.47 Å². The van der Waals surface area contributed by atoms with Gasteiger partial charge in [-0.3, -0.25) is 0 Å². The first kappa shape index (κ1) is 7.80. The third kappa shape index (κ3) is 1.37.